The number of carbonyl (C=O) groups is 2. The van der Waals surface area contributed by atoms with Gasteiger partial charge in [0.1, 0.15) is 12.4 Å². The molecule has 0 aliphatic rings. The molecular weight excluding hydrogens is 378 g/mol. The van der Waals surface area contributed by atoms with Crippen LogP contribution in [-0.4, -0.2) is 18.4 Å². The lowest BCUT2D eigenvalue weighted by Crippen LogP contribution is -2.22. The van der Waals surface area contributed by atoms with Crippen LogP contribution in [0.15, 0.2) is 78.9 Å². The summed E-state index contributed by atoms with van der Waals surface area (Å²) in [6.45, 7) is 2.30. The van der Waals surface area contributed by atoms with E-state index < -0.39 is 0 Å². The largest absolute Gasteiger partial charge is 0.487 e. The fourth-order valence-corrected chi connectivity index (χ4v) is 2.76. The third-order valence-electron chi connectivity index (χ3n) is 4.32. The summed E-state index contributed by atoms with van der Waals surface area (Å²) in [6.07, 6.45) is 0.409. The molecule has 2 amide bonds. The maximum absolute atomic E-state index is 12.4. The molecule has 0 aliphatic heterocycles. The van der Waals surface area contributed by atoms with Gasteiger partial charge in [-0.3, -0.25) is 9.59 Å². The maximum Gasteiger partial charge on any atom is 0.243 e. The Hall–Kier alpha value is -3.80. The zero-order chi connectivity index (χ0) is 21.2. The van der Waals surface area contributed by atoms with E-state index in [2.05, 4.69) is 16.0 Å². The zero-order valence-corrected chi connectivity index (χ0v) is 16.9. The zero-order valence-electron chi connectivity index (χ0n) is 16.9. The smallest absolute Gasteiger partial charge is 0.243 e. The van der Waals surface area contributed by atoms with Gasteiger partial charge in [0.15, 0.2) is 0 Å². The first-order chi connectivity index (χ1) is 14.6. The molecule has 0 heterocycles. The molecule has 3 aromatic rings. The monoisotopic (exact) mass is 403 g/mol. The first-order valence-electron chi connectivity index (χ1n) is 9.83. The first-order valence-corrected chi connectivity index (χ1v) is 9.83. The Balaban J connectivity index is 1.55. The van der Waals surface area contributed by atoms with Crippen molar-refractivity contribution >= 4 is 28.9 Å². The van der Waals surface area contributed by atoms with Crippen molar-refractivity contribution in [2.24, 2.45) is 0 Å². The Morgan fingerprint density at radius 1 is 0.800 bits per heavy atom. The van der Waals surface area contributed by atoms with Crippen molar-refractivity contribution in [2.45, 2.75) is 20.0 Å². The van der Waals surface area contributed by atoms with E-state index in [1.165, 1.54) is 0 Å². The molecule has 0 aromatic heterocycles. The average molecular weight is 403 g/mol. The summed E-state index contributed by atoms with van der Waals surface area (Å²) in [4.78, 5) is 24.0. The Morgan fingerprint density at radius 2 is 1.53 bits per heavy atom. The van der Waals surface area contributed by atoms with Crippen molar-refractivity contribution in [3.8, 4) is 5.75 Å². The van der Waals surface area contributed by atoms with Gasteiger partial charge in [-0.15, -0.1) is 0 Å². The highest BCUT2D eigenvalue weighted by Gasteiger charge is 2.08. The normalized spacial score (nSPS) is 10.2. The van der Waals surface area contributed by atoms with Crippen molar-refractivity contribution in [3.63, 3.8) is 0 Å². The molecule has 0 atom stereocenters. The fraction of sp³-hybridized carbons (Fsp3) is 0.167. The molecule has 3 N–H and O–H groups in total. The number of ether oxygens (including phenoxy) is 1. The van der Waals surface area contributed by atoms with Gasteiger partial charge in [-0.2, -0.15) is 0 Å². The lowest BCUT2D eigenvalue weighted by Gasteiger charge is -2.13. The van der Waals surface area contributed by atoms with Gasteiger partial charge in [0.2, 0.25) is 11.8 Å². The molecule has 0 radical (unpaired) electrons. The Labute approximate surface area is 176 Å². The highest BCUT2D eigenvalue weighted by Crippen LogP contribution is 2.25. The van der Waals surface area contributed by atoms with Crippen molar-refractivity contribution in [1.82, 2.24) is 0 Å². The number of para-hydroxylation sites is 2. The second kappa shape index (κ2) is 10.7. The second-order valence-corrected chi connectivity index (χ2v) is 6.65. The van der Waals surface area contributed by atoms with Crippen LogP contribution in [0.25, 0.3) is 0 Å². The van der Waals surface area contributed by atoms with Gasteiger partial charge in [-0.05, 0) is 35.9 Å². The summed E-state index contributed by atoms with van der Waals surface area (Å²) < 4.78 is 5.87. The van der Waals surface area contributed by atoms with E-state index in [1.807, 2.05) is 60.7 Å². The van der Waals surface area contributed by atoms with Gasteiger partial charge in [-0.1, -0.05) is 55.5 Å². The molecule has 3 aromatic carbocycles. The first kappa shape index (κ1) is 20.9. The fourth-order valence-electron chi connectivity index (χ4n) is 2.76. The predicted molar refractivity (Wildman–Crippen MR) is 120 cm³/mol. The molecule has 0 fully saturated rings. The molecule has 6 nitrogen and oxygen atoms in total. The summed E-state index contributed by atoms with van der Waals surface area (Å²) in [5.74, 6) is 0.352. The molecular formula is C24H25N3O3. The van der Waals surface area contributed by atoms with Crippen LogP contribution in [0.2, 0.25) is 0 Å². The molecule has 154 valence electrons. The van der Waals surface area contributed by atoms with Crippen molar-refractivity contribution in [2.75, 3.05) is 22.5 Å². The summed E-state index contributed by atoms with van der Waals surface area (Å²) >= 11 is 0. The average Bonchev–Trinajstić information content (AvgIpc) is 2.78. The number of rotatable bonds is 9. The van der Waals surface area contributed by atoms with Crippen molar-refractivity contribution in [3.05, 3.63) is 84.4 Å². The Bertz CT molecular complexity index is 990. The molecule has 0 bridgehead atoms. The minimum Gasteiger partial charge on any atom is -0.487 e. The number of carbonyl (C=O) groups excluding carboxylic acids is 2. The maximum atomic E-state index is 12.4. The molecule has 0 saturated carbocycles. The highest BCUT2D eigenvalue weighted by atomic mass is 16.5. The van der Waals surface area contributed by atoms with E-state index in [0.29, 0.717) is 30.2 Å². The molecule has 30 heavy (non-hydrogen) atoms. The van der Waals surface area contributed by atoms with E-state index in [4.69, 9.17) is 4.74 Å². The van der Waals surface area contributed by atoms with Gasteiger partial charge in [-0.25, -0.2) is 0 Å². The molecule has 0 spiro atoms. The minimum absolute atomic E-state index is 0.0583. The number of hydrogen-bond acceptors (Lipinski definition) is 4. The van der Waals surface area contributed by atoms with Gasteiger partial charge < -0.3 is 20.7 Å². The van der Waals surface area contributed by atoms with E-state index in [1.54, 1.807) is 25.1 Å². The number of anilines is 3. The van der Waals surface area contributed by atoms with Crippen LogP contribution in [0.5, 0.6) is 5.75 Å². The van der Waals surface area contributed by atoms with Crippen LogP contribution in [-0.2, 0) is 16.2 Å². The van der Waals surface area contributed by atoms with Crippen LogP contribution in [0, 0.1) is 0 Å². The Morgan fingerprint density at radius 3 is 2.33 bits per heavy atom. The summed E-state index contributed by atoms with van der Waals surface area (Å²) in [7, 11) is 0. The lowest BCUT2D eigenvalue weighted by atomic mass is 10.2. The SMILES string of the molecule is CCC(=O)Nc1cccc(NCC(=O)Nc2ccccc2OCc2ccccc2)c1. The van der Waals surface area contributed by atoms with Gasteiger partial charge in [0.05, 0.1) is 12.2 Å². The van der Waals surface area contributed by atoms with Crippen molar-refractivity contribution in [1.29, 1.82) is 0 Å². The van der Waals surface area contributed by atoms with Crippen LogP contribution >= 0.6 is 0 Å². The van der Waals surface area contributed by atoms with E-state index in [0.717, 1.165) is 11.3 Å². The van der Waals surface area contributed by atoms with Gasteiger partial charge in [0.25, 0.3) is 0 Å². The molecule has 0 unspecified atom stereocenters. The van der Waals surface area contributed by atoms with Crippen LogP contribution in [0.3, 0.4) is 0 Å². The third-order valence-corrected chi connectivity index (χ3v) is 4.32. The quantitative estimate of drug-likeness (QED) is 0.485. The predicted octanol–water partition coefficient (Wildman–Crippen LogP) is 4.66. The standard InChI is InChI=1S/C24H25N3O3/c1-2-23(28)26-20-12-8-11-19(15-20)25-16-24(29)27-21-13-6-7-14-22(21)30-17-18-9-4-3-5-10-18/h3-15,25H,2,16-17H2,1H3,(H,26,28)(H,27,29). The van der Waals surface area contributed by atoms with Gasteiger partial charge in [0, 0.05) is 17.8 Å². The molecule has 3 rings (SSSR count). The van der Waals surface area contributed by atoms with E-state index in [9.17, 15) is 9.59 Å². The van der Waals surface area contributed by atoms with Gasteiger partial charge >= 0.3 is 0 Å². The van der Waals surface area contributed by atoms with E-state index in [-0.39, 0.29) is 18.4 Å². The van der Waals surface area contributed by atoms with E-state index >= 15 is 0 Å². The third kappa shape index (κ3) is 6.38. The van der Waals surface area contributed by atoms with Crippen LogP contribution in [0.1, 0.15) is 18.9 Å². The molecule has 0 saturated heterocycles. The lowest BCUT2D eigenvalue weighted by molar-refractivity contribution is -0.116. The van der Waals surface area contributed by atoms with Crippen molar-refractivity contribution < 1.29 is 14.3 Å². The minimum atomic E-state index is -0.200. The number of nitrogens with one attached hydrogen (secondary N) is 3. The number of benzene rings is 3. The number of hydrogen-bond donors (Lipinski definition) is 3. The molecule has 6 heteroatoms. The highest BCUT2D eigenvalue weighted by molar-refractivity contribution is 5.95. The number of amides is 2. The van der Waals surface area contributed by atoms with Crippen LogP contribution < -0.4 is 20.7 Å². The molecule has 0 aliphatic carbocycles. The summed E-state index contributed by atoms with van der Waals surface area (Å²) in [5, 5.41) is 8.74. The van der Waals surface area contributed by atoms with Crippen LogP contribution in [0.4, 0.5) is 17.1 Å². The summed E-state index contributed by atoms with van der Waals surface area (Å²) in [6, 6.07) is 24.4. The topological polar surface area (TPSA) is 79.5 Å². The second-order valence-electron chi connectivity index (χ2n) is 6.65. The Kier molecular flexibility index (Phi) is 7.44. The summed E-state index contributed by atoms with van der Waals surface area (Å²) in [5.41, 5.74) is 3.10.